The first-order valence-electron chi connectivity index (χ1n) is 4.88. The molecule has 0 N–H and O–H groups in total. The van der Waals surface area contributed by atoms with Gasteiger partial charge >= 0.3 is 23.9 Å². The normalized spacial score (nSPS) is 14.5. The molecule has 1 rings (SSSR count). The summed E-state index contributed by atoms with van der Waals surface area (Å²) in [5.41, 5.74) is -1.57. The summed E-state index contributed by atoms with van der Waals surface area (Å²) in [6, 6.07) is 2.18. The van der Waals surface area contributed by atoms with Crippen molar-refractivity contribution in [2.24, 2.45) is 0 Å². The second kappa shape index (κ2) is 4.56. The first-order valence-corrected chi connectivity index (χ1v) is 4.88. The maximum atomic E-state index is 13.3. The summed E-state index contributed by atoms with van der Waals surface area (Å²) >= 11 is 0. The Morgan fingerprint density at radius 3 is 1.40 bits per heavy atom. The van der Waals surface area contributed by atoms with Gasteiger partial charge in [0.05, 0.1) is 0 Å². The van der Waals surface area contributed by atoms with Crippen molar-refractivity contribution < 1.29 is 39.5 Å². The Hall–Kier alpha value is -1.41. The fourth-order valence-corrected chi connectivity index (χ4v) is 1.27. The fourth-order valence-electron chi connectivity index (χ4n) is 1.27. The van der Waals surface area contributed by atoms with E-state index in [9.17, 15) is 39.5 Å². The smallest absolute Gasteiger partial charge is 0.194 e. The van der Waals surface area contributed by atoms with Gasteiger partial charge in [-0.2, -0.15) is 39.5 Å². The molecule has 1 aromatic rings. The summed E-state index contributed by atoms with van der Waals surface area (Å²) in [5.74, 6) is -19.2. The zero-order valence-corrected chi connectivity index (χ0v) is 9.42. The third-order valence-electron chi connectivity index (χ3n) is 2.46. The lowest BCUT2D eigenvalue weighted by atomic mass is 9.96. The van der Waals surface area contributed by atoms with Gasteiger partial charge in [-0.25, -0.2) is 0 Å². The van der Waals surface area contributed by atoms with Crippen LogP contribution in [0.1, 0.15) is 11.1 Å². The van der Waals surface area contributed by atoms with E-state index in [1.807, 2.05) is 0 Å². The van der Waals surface area contributed by atoms with Crippen LogP contribution in [-0.2, 0) is 5.92 Å². The molecule has 1 radical (unpaired) electrons. The number of halogens is 9. The highest BCUT2D eigenvalue weighted by Crippen LogP contribution is 2.56. The van der Waals surface area contributed by atoms with Crippen LogP contribution in [0.15, 0.2) is 24.3 Å². The third kappa shape index (κ3) is 2.33. The molecule has 0 saturated heterocycles. The molecule has 0 bridgehead atoms. The van der Waals surface area contributed by atoms with Crippen LogP contribution in [0.2, 0.25) is 0 Å². The van der Waals surface area contributed by atoms with Crippen molar-refractivity contribution in [3.63, 3.8) is 0 Å². The van der Waals surface area contributed by atoms with E-state index in [4.69, 9.17) is 0 Å². The molecule has 1 aromatic carbocycles. The van der Waals surface area contributed by atoms with Gasteiger partial charge in [-0.05, 0) is 12.5 Å². The van der Waals surface area contributed by atoms with Crippen molar-refractivity contribution in [1.82, 2.24) is 0 Å². The maximum absolute atomic E-state index is 13.3. The van der Waals surface area contributed by atoms with Gasteiger partial charge in [-0.15, -0.1) is 0 Å². The van der Waals surface area contributed by atoms with E-state index < -0.39 is 29.5 Å². The molecule has 9 heteroatoms. The summed E-state index contributed by atoms with van der Waals surface area (Å²) < 4.78 is 114. The van der Waals surface area contributed by atoms with Crippen molar-refractivity contribution in [3.8, 4) is 0 Å². The predicted octanol–water partition coefficient (Wildman–Crippen LogP) is 4.79. The molecule has 0 aliphatic carbocycles. The maximum Gasteiger partial charge on any atom is 0.460 e. The minimum atomic E-state index is -6.88. The van der Waals surface area contributed by atoms with Gasteiger partial charge in [0.15, 0.2) is 0 Å². The second-order valence-corrected chi connectivity index (χ2v) is 3.92. The summed E-state index contributed by atoms with van der Waals surface area (Å²) in [6.07, 6.45) is -6.81. The molecule has 0 aliphatic heterocycles. The van der Waals surface area contributed by atoms with Gasteiger partial charge in [0.1, 0.15) is 0 Å². The zero-order chi connectivity index (χ0) is 16.0. The number of benzene rings is 1. The van der Waals surface area contributed by atoms with Crippen molar-refractivity contribution in [2.45, 2.75) is 23.9 Å². The molecule has 0 nitrogen and oxygen atoms in total. The van der Waals surface area contributed by atoms with E-state index >= 15 is 0 Å². The van der Waals surface area contributed by atoms with E-state index in [2.05, 4.69) is 6.92 Å². The highest BCUT2D eigenvalue weighted by atomic mass is 19.4. The zero-order valence-electron chi connectivity index (χ0n) is 9.42. The van der Waals surface area contributed by atoms with Crippen LogP contribution in [0.25, 0.3) is 0 Å². The molecular formula is C11H6F9. The van der Waals surface area contributed by atoms with Crippen molar-refractivity contribution >= 4 is 0 Å². The lowest BCUT2D eigenvalue weighted by molar-refractivity contribution is -0.399. The van der Waals surface area contributed by atoms with Crippen LogP contribution in [0.5, 0.6) is 0 Å². The minimum Gasteiger partial charge on any atom is -0.194 e. The van der Waals surface area contributed by atoms with E-state index in [0.717, 1.165) is 12.1 Å². The molecular weight excluding hydrogens is 303 g/mol. The van der Waals surface area contributed by atoms with Gasteiger partial charge in [0.25, 0.3) is 0 Å². The molecule has 0 amide bonds. The average molecular weight is 309 g/mol. The largest absolute Gasteiger partial charge is 0.460 e. The average Bonchev–Trinajstić information content (AvgIpc) is 2.27. The van der Waals surface area contributed by atoms with Gasteiger partial charge in [0.2, 0.25) is 0 Å². The molecule has 0 saturated carbocycles. The number of hydrogen-bond donors (Lipinski definition) is 0. The van der Waals surface area contributed by atoms with E-state index in [-0.39, 0.29) is 5.56 Å². The summed E-state index contributed by atoms with van der Waals surface area (Å²) in [7, 11) is 0. The predicted molar refractivity (Wildman–Crippen MR) is 50.7 cm³/mol. The van der Waals surface area contributed by atoms with Crippen LogP contribution >= 0.6 is 0 Å². The molecule has 0 aromatic heterocycles. The SMILES string of the molecule is [CH2]c1ccc(C(F)(F)C(F)(F)C(F)(F)C(F)(F)F)cc1. The Balaban J connectivity index is 3.35. The number of alkyl halides is 9. The molecule has 0 heterocycles. The lowest BCUT2D eigenvalue weighted by Crippen LogP contribution is -2.59. The molecule has 0 atom stereocenters. The second-order valence-electron chi connectivity index (χ2n) is 3.92. The molecule has 0 spiro atoms. The van der Waals surface area contributed by atoms with Gasteiger partial charge in [0, 0.05) is 5.56 Å². The van der Waals surface area contributed by atoms with Crippen LogP contribution in [0, 0.1) is 6.92 Å². The van der Waals surface area contributed by atoms with Crippen LogP contribution in [0.4, 0.5) is 39.5 Å². The van der Waals surface area contributed by atoms with E-state index in [1.54, 1.807) is 0 Å². The Morgan fingerprint density at radius 1 is 0.650 bits per heavy atom. The quantitative estimate of drug-likeness (QED) is 0.704. The lowest BCUT2D eigenvalue weighted by Gasteiger charge is -2.33. The first kappa shape index (κ1) is 16.6. The van der Waals surface area contributed by atoms with Crippen LogP contribution in [-0.4, -0.2) is 18.0 Å². The van der Waals surface area contributed by atoms with Crippen molar-refractivity contribution in [2.75, 3.05) is 0 Å². The Kier molecular flexibility index (Phi) is 3.79. The Labute approximate surface area is 107 Å². The third-order valence-corrected chi connectivity index (χ3v) is 2.46. The van der Waals surface area contributed by atoms with Crippen molar-refractivity contribution in [3.05, 3.63) is 42.3 Å². The van der Waals surface area contributed by atoms with E-state index in [1.165, 1.54) is 0 Å². The standard InChI is InChI=1S/C11H6F9/c1-6-2-4-7(5-3-6)8(12,13)9(14,15)10(16,17)11(18,19)20/h2-5H,1H2. The Bertz CT molecular complexity index is 470. The van der Waals surface area contributed by atoms with Gasteiger partial charge in [-0.1, -0.05) is 24.3 Å². The molecule has 20 heavy (non-hydrogen) atoms. The highest BCUT2D eigenvalue weighted by Gasteiger charge is 2.81. The molecule has 0 unspecified atom stereocenters. The summed E-state index contributed by atoms with van der Waals surface area (Å²) in [4.78, 5) is 0. The number of rotatable bonds is 3. The van der Waals surface area contributed by atoms with Crippen molar-refractivity contribution in [1.29, 1.82) is 0 Å². The molecule has 0 aliphatic rings. The highest BCUT2D eigenvalue weighted by molar-refractivity contribution is 5.29. The molecule has 0 fully saturated rings. The minimum absolute atomic E-state index is 0.0930. The fraction of sp³-hybridized carbons (Fsp3) is 0.364. The van der Waals surface area contributed by atoms with Gasteiger partial charge < -0.3 is 0 Å². The Morgan fingerprint density at radius 2 is 1.05 bits per heavy atom. The summed E-state index contributed by atoms with van der Waals surface area (Å²) in [6.45, 7) is 3.23. The topological polar surface area (TPSA) is 0 Å². The summed E-state index contributed by atoms with van der Waals surface area (Å²) in [5, 5.41) is 0. The van der Waals surface area contributed by atoms with E-state index in [0.29, 0.717) is 12.1 Å². The van der Waals surface area contributed by atoms with Crippen LogP contribution < -0.4 is 0 Å². The first-order chi connectivity index (χ1) is 8.75. The number of hydrogen-bond acceptors (Lipinski definition) is 0. The monoisotopic (exact) mass is 309 g/mol. The molecule has 113 valence electrons. The van der Waals surface area contributed by atoms with Gasteiger partial charge in [-0.3, -0.25) is 0 Å². The van der Waals surface area contributed by atoms with Crippen LogP contribution in [0.3, 0.4) is 0 Å².